The average Bonchev–Trinajstić information content (AvgIpc) is 2.75. The standard InChI is InChI=1S/C14H9F2NOS/c1-8-2-3-19-14(8)13(18)12(7-17)9-4-10(15)6-11(16)5-9/h2-6,12H,1H3. The number of hydrogen-bond acceptors (Lipinski definition) is 3. The number of thiophene rings is 1. The number of carbonyl (C=O) groups is 1. The average molecular weight is 277 g/mol. The van der Waals surface area contributed by atoms with Gasteiger partial charge < -0.3 is 0 Å². The van der Waals surface area contributed by atoms with Crippen molar-refractivity contribution in [3.8, 4) is 6.07 Å². The van der Waals surface area contributed by atoms with Crippen LogP contribution in [0.4, 0.5) is 8.78 Å². The number of nitriles is 1. The number of rotatable bonds is 3. The summed E-state index contributed by atoms with van der Waals surface area (Å²) in [6.45, 7) is 1.75. The molecule has 2 nitrogen and oxygen atoms in total. The first-order valence-corrected chi connectivity index (χ1v) is 6.35. The molecule has 2 rings (SSSR count). The highest BCUT2D eigenvalue weighted by molar-refractivity contribution is 7.12. The second kappa shape index (κ2) is 5.29. The Morgan fingerprint density at radius 3 is 2.42 bits per heavy atom. The first-order valence-electron chi connectivity index (χ1n) is 5.47. The van der Waals surface area contributed by atoms with E-state index in [0.29, 0.717) is 10.9 Å². The summed E-state index contributed by atoms with van der Waals surface area (Å²) in [6.07, 6.45) is 0. The van der Waals surface area contributed by atoms with Gasteiger partial charge in [0.2, 0.25) is 0 Å². The summed E-state index contributed by atoms with van der Waals surface area (Å²) in [6, 6.07) is 6.30. The molecule has 0 radical (unpaired) electrons. The van der Waals surface area contributed by atoms with E-state index in [2.05, 4.69) is 0 Å². The molecule has 19 heavy (non-hydrogen) atoms. The molecular formula is C14H9F2NOS. The lowest BCUT2D eigenvalue weighted by atomic mass is 9.94. The Morgan fingerprint density at radius 1 is 1.32 bits per heavy atom. The topological polar surface area (TPSA) is 40.9 Å². The van der Waals surface area contributed by atoms with Crippen molar-refractivity contribution < 1.29 is 13.6 Å². The van der Waals surface area contributed by atoms with E-state index in [0.717, 1.165) is 17.7 Å². The smallest absolute Gasteiger partial charge is 0.194 e. The normalized spacial score (nSPS) is 11.9. The lowest BCUT2D eigenvalue weighted by Gasteiger charge is -2.08. The van der Waals surface area contributed by atoms with Crippen LogP contribution in [-0.2, 0) is 0 Å². The van der Waals surface area contributed by atoms with Crippen LogP contribution in [0.25, 0.3) is 0 Å². The van der Waals surface area contributed by atoms with Crippen LogP contribution in [0.3, 0.4) is 0 Å². The number of Topliss-reactive ketones (excluding diaryl/α,β-unsaturated/α-hetero) is 1. The second-order valence-electron chi connectivity index (χ2n) is 4.06. The van der Waals surface area contributed by atoms with Gasteiger partial charge in [0.15, 0.2) is 5.78 Å². The quantitative estimate of drug-likeness (QED) is 0.800. The van der Waals surface area contributed by atoms with Gasteiger partial charge in [0.25, 0.3) is 0 Å². The van der Waals surface area contributed by atoms with E-state index < -0.39 is 23.3 Å². The molecule has 5 heteroatoms. The summed E-state index contributed by atoms with van der Waals surface area (Å²) in [7, 11) is 0. The van der Waals surface area contributed by atoms with Crippen LogP contribution in [0.2, 0.25) is 0 Å². The molecule has 1 atom stereocenters. The molecule has 0 spiro atoms. The Kier molecular flexibility index (Phi) is 3.72. The predicted molar refractivity (Wildman–Crippen MR) is 68.1 cm³/mol. The largest absolute Gasteiger partial charge is 0.291 e. The molecule has 0 aliphatic rings. The minimum Gasteiger partial charge on any atom is -0.291 e. The Labute approximate surface area is 112 Å². The number of carbonyl (C=O) groups excluding carboxylic acids is 1. The van der Waals surface area contributed by atoms with Crippen LogP contribution in [0, 0.1) is 29.9 Å². The third kappa shape index (κ3) is 2.69. The van der Waals surface area contributed by atoms with Gasteiger partial charge in [-0.25, -0.2) is 8.78 Å². The van der Waals surface area contributed by atoms with Crippen molar-refractivity contribution in [2.24, 2.45) is 0 Å². The first kappa shape index (κ1) is 13.4. The fourth-order valence-electron chi connectivity index (χ4n) is 1.78. The predicted octanol–water partition coefficient (Wildman–Crippen LogP) is 3.82. The molecule has 1 unspecified atom stereocenters. The zero-order valence-electron chi connectivity index (χ0n) is 9.98. The highest BCUT2D eigenvalue weighted by Crippen LogP contribution is 2.26. The van der Waals surface area contributed by atoms with Gasteiger partial charge in [-0.15, -0.1) is 11.3 Å². The molecule has 1 heterocycles. The van der Waals surface area contributed by atoms with E-state index in [9.17, 15) is 13.6 Å². The van der Waals surface area contributed by atoms with Gasteiger partial charge in [-0.2, -0.15) is 5.26 Å². The van der Waals surface area contributed by atoms with Gasteiger partial charge >= 0.3 is 0 Å². The Morgan fingerprint density at radius 2 is 1.95 bits per heavy atom. The molecule has 0 bridgehead atoms. The second-order valence-corrected chi connectivity index (χ2v) is 4.98. The van der Waals surface area contributed by atoms with Crippen LogP contribution >= 0.6 is 11.3 Å². The molecular weight excluding hydrogens is 268 g/mol. The minimum atomic E-state index is -1.19. The zero-order valence-corrected chi connectivity index (χ0v) is 10.8. The lowest BCUT2D eigenvalue weighted by molar-refractivity contribution is 0.0982. The number of ketones is 1. The number of aryl methyl sites for hydroxylation is 1. The van der Waals surface area contributed by atoms with Gasteiger partial charge in [-0.3, -0.25) is 4.79 Å². The molecule has 96 valence electrons. The molecule has 1 aromatic carbocycles. The van der Waals surface area contributed by atoms with Crippen LogP contribution in [0.5, 0.6) is 0 Å². The van der Waals surface area contributed by atoms with E-state index in [1.807, 2.05) is 6.07 Å². The van der Waals surface area contributed by atoms with E-state index in [4.69, 9.17) is 5.26 Å². The van der Waals surface area contributed by atoms with Gasteiger partial charge in [0.1, 0.15) is 17.6 Å². The molecule has 0 fully saturated rings. The van der Waals surface area contributed by atoms with Crippen LogP contribution in [0.1, 0.15) is 26.7 Å². The fourth-order valence-corrected chi connectivity index (χ4v) is 2.68. The third-order valence-corrected chi connectivity index (χ3v) is 3.73. The van der Waals surface area contributed by atoms with E-state index in [1.165, 1.54) is 11.3 Å². The highest BCUT2D eigenvalue weighted by atomic mass is 32.1. The fraction of sp³-hybridized carbons (Fsp3) is 0.143. The maximum absolute atomic E-state index is 13.2. The number of benzene rings is 1. The van der Waals surface area contributed by atoms with Crippen LogP contribution < -0.4 is 0 Å². The molecule has 0 amide bonds. The summed E-state index contributed by atoms with van der Waals surface area (Å²) >= 11 is 1.22. The Bertz CT molecular complexity index is 652. The van der Waals surface area contributed by atoms with Crippen molar-refractivity contribution >= 4 is 17.1 Å². The lowest BCUT2D eigenvalue weighted by Crippen LogP contribution is -2.11. The SMILES string of the molecule is Cc1ccsc1C(=O)C(C#N)c1cc(F)cc(F)c1. The summed E-state index contributed by atoms with van der Waals surface area (Å²) in [5, 5.41) is 10.8. The molecule has 0 saturated carbocycles. The van der Waals surface area contributed by atoms with E-state index >= 15 is 0 Å². The Hall–Kier alpha value is -2.06. The van der Waals surface area contributed by atoms with Crippen LogP contribution in [-0.4, -0.2) is 5.78 Å². The monoisotopic (exact) mass is 277 g/mol. The first-order chi connectivity index (χ1) is 9.02. The summed E-state index contributed by atoms with van der Waals surface area (Å²) in [5.74, 6) is -3.22. The molecule has 2 aromatic rings. The van der Waals surface area contributed by atoms with Crippen molar-refractivity contribution in [3.05, 3.63) is 57.3 Å². The van der Waals surface area contributed by atoms with Crippen molar-refractivity contribution in [3.63, 3.8) is 0 Å². The molecule has 0 saturated heterocycles. The van der Waals surface area contributed by atoms with Crippen molar-refractivity contribution in [1.82, 2.24) is 0 Å². The maximum atomic E-state index is 13.2. The van der Waals surface area contributed by atoms with Gasteiger partial charge in [0, 0.05) is 6.07 Å². The van der Waals surface area contributed by atoms with Gasteiger partial charge in [-0.05, 0) is 41.6 Å². The van der Waals surface area contributed by atoms with Crippen LogP contribution in [0.15, 0.2) is 29.6 Å². The number of halogens is 2. The zero-order chi connectivity index (χ0) is 14.0. The van der Waals surface area contributed by atoms with Gasteiger partial charge in [0.05, 0.1) is 10.9 Å². The summed E-state index contributed by atoms with van der Waals surface area (Å²) < 4.78 is 26.3. The van der Waals surface area contributed by atoms with Crippen molar-refractivity contribution in [1.29, 1.82) is 5.26 Å². The van der Waals surface area contributed by atoms with Crippen molar-refractivity contribution in [2.45, 2.75) is 12.8 Å². The van der Waals surface area contributed by atoms with Gasteiger partial charge in [-0.1, -0.05) is 0 Å². The van der Waals surface area contributed by atoms with E-state index in [-0.39, 0.29) is 5.56 Å². The number of nitrogens with zero attached hydrogens (tertiary/aromatic N) is 1. The number of hydrogen-bond donors (Lipinski definition) is 0. The maximum Gasteiger partial charge on any atom is 0.194 e. The molecule has 0 aliphatic carbocycles. The third-order valence-electron chi connectivity index (χ3n) is 2.70. The molecule has 0 aliphatic heterocycles. The highest BCUT2D eigenvalue weighted by Gasteiger charge is 2.25. The van der Waals surface area contributed by atoms with Crippen molar-refractivity contribution in [2.75, 3.05) is 0 Å². The van der Waals surface area contributed by atoms with E-state index in [1.54, 1.807) is 18.4 Å². The summed E-state index contributed by atoms with van der Waals surface area (Å²) in [4.78, 5) is 12.7. The summed E-state index contributed by atoms with van der Waals surface area (Å²) in [5.41, 5.74) is 0.796. The molecule has 0 N–H and O–H groups in total. The molecule has 1 aromatic heterocycles. The Balaban J connectivity index is 2.43. The minimum absolute atomic E-state index is 0.0396.